The van der Waals surface area contributed by atoms with E-state index in [0.29, 0.717) is 29.5 Å². The van der Waals surface area contributed by atoms with E-state index < -0.39 is 0 Å². The molecule has 0 amide bonds. The van der Waals surface area contributed by atoms with Gasteiger partial charge >= 0.3 is 0 Å². The topological polar surface area (TPSA) is 41.8 Å². The molecule has 0 heterocycles. The van der Waals surface area contributed by atoms with Crippen molar-refractivity contribution in [1.82, 2.24) is 0 Å². The molecule has 0 fully saturated rings. The fourth-order valence-electron chi connectivity index (χ4n) is 2.07. The molecule has 0 radical (unpaired) electrons. The molecule has 1 aromatic carbocycles. The second-order valence-corrected chi connectivity index (χ2v) is 5.05. The maximum Gasteiger partial charge on any atom is 0.131 e. The highest BCUT2D eigenvalue weighted by Gasteiger charge is 2.12. The molecule has 0 aromatic heterocycles. The quantitative estimate of drug-likeness (QED) is 0.429. The molecule has 0 aliphatic carbocycles. The van der Waals surface area contributed by atoms with Crippen LogP contribution in [0, 0.1) is 11.7 Å². The van der Waals surface area contributed by atoms with Crippen molar-refractivity contribution >= 4 is 5.71 Å². The summed E-state index contributed by atoms with van der Waals surface area (Å²) in [4.78, 5) is 0. The van der Waals surface area contributed by atoms with Gasteiger partial charge in [-0.15, -0.1) is 0 Å². The number of halogens is 1. The largest absolute Gasteiger partial charge is 0.492 e. The van der Waals surface area contributed by atoms with Crippen LogP contribution < -0.4 is 4.74 Å². The SMILES string of the molecule is CCCCC(CC)COc1cc(F)ccc1C(C)=NO. The van der Waals surface area contributed by atoms with Crippen molar-refractivity contribution in [2.45, 2.75) is 46.5 Å². The number of ether oxygens (including phenoxy) is 1. The summed E-state index contributed by atoms with van der Waals surface area (Å²) >= 11 is 0. The minimum Gasteiger partial charge on any atom is -0.492 e. The van der Waals surface area contributed by atoms with Crippen molar-refractivity contribution in [3.8, 4) is 5.75 Å². The Kier molecular flexibility index (Phi) is 7.05. The lowest BCUT2D eigenvalue weighted by molar-refractivity contribution is 0.232. The van der Waals surface area contributed by atoms with Crippen LogP contribution in [0.4, 0.5) is 4.39 Å². The van der Waals surface area contributed by atoms with Crippen molar-refractivity contribution in [1.29, 1.82) is 0 Å². The fourth-order valence-corrected chi connectivity index (χ4v) is 2.07. The van der Waals surface area contributed by atoms with Gasteiger partial charge in [-0.25, -0.2) is 4.39 Å². The predicted octanol–water partition coefficient (Wildman–Crippen LogP) is 4.62. The molecule has 4 heteroatoms. The minimum atomic E-state index is -0.351. The van der Waals surface area contributed by atoms with E-state index >= 15 is 0 Å². The van der Waals surface area contributed by atoms with Crippen LogP contribution in [-0.2, 0) is 0 Å². The number of unbranched alkanes of at least 4 members (excludes halogenated alkanes) is 1. The normalized spacial score (nSPS) is 13.3. The summed E-state index contributed by atoms with van der Waals surface area (Å²) in [6, 6.07) is 4.26. The van der Waals surface area contributed by atoms with E-state index in [-0.39, 0.29) is 5.82 Å². The lowest BCUT2D eigenvalue weighted by Crippen LogP contribution is -2.13. The van der Waals surface area contributed by atoms with Gasteiger partial charge in [-0.2, -0.15) is 0 Å². The average molecular weight is 281 g/mol. The van der Waals surface area contributed by atoms with Crippen molar-refractivity contribution in [3.05, 3.63) is 29.6 Å². The van der Waals surface area contributed by atoms with Crippen LogP contribution in [-0.4, -0.2) is 17.5 Å². The lowest BCUT2D eigenvalue weighted by atomic mass is 10.0. The van der Waals surface area contributed by atoms with Gasteiger partial charge in [-0.3, -0.25) is 0 Å². The molecule has 3 nitrogen and oxygen atoms in total. The van der Waals surface area contributed by atoms with Gasteiger partial charge < -0.3 is 9.94 Å². The number of benzene rings is 1. The molecule has 1 atom stereocenters. The summed E-state index contributed by atoms with van der Waals surface area (Å²) in [6.07, 6.45) is 4.50. The van der Waals surface area contributed by atoms with Gasteiger partial charge in [0, 0.05) is 11.6 Å². The Labute approximate surface area is 120 Å². The van der Waals surface area contributed by atoms with Crippen LogP contribution in [0.1, 0.15) is 52.0 Å². The lowest BCUT2D eigenvalue weighted by Gasteiger charge is -2.17. The molecule has 20 heavy (non-hydrogen) atoms. The van der Waals surface area contributed by atoms with Gasteiger partial charge in [0.15, 0.2) is 0 Å². The third kappa shape index (κ3) is 4.83. The monoisotopic (exact) mass is 281 g/mol. The minimum absolute atomic E-state index is 0.351. The summed E-state index contributed by atoms with van der Waals surface area (Å²) in [6.45, 7) is 6.52. The van der Waals surface area contributed by atoms with E-state index in [2.05, 4.69) is 19.0 Å². The molecule has 0 bridgehead atoms. The van der Waals surface area contributed by atoms with Gasteiger partial charge in [0.1, 0.15) is 11.6 Å². The highest BCUT2D eigenvalue weighted by atomic mass is 19.1. The van der Waals surface area contributed by atoms with Crippen LogP contribution in [0.5, 0.6) is 5.75 Å². The van der Waals surface area contributed by atoms with Crippen molar-refractivity contribution in [3.63, 3.8) is 0 Å². The molecule has 0 saturated heterocycles. The summed E-state index contributed by atoms with van der Waals surface area (Å²) in [5.41, 5.74) is 1.04. The third-order valence-corrected chi connectivity index (χ3v) is 3.50. The molecular formula is C16H24FNO2. The summed E-state index contributed by atoms with van der Waals surface area (Å²) in [5.74, 6) is 0.559. The maximum absolute atomic E-state index is 13.3. The highest BCUT2D eigenvalue weighted by Crippen LogP contribution is 2.23. The van der Waals surface area contributed by atoms with Crippen LogP contribution in [0.3, 0.4) is 0 Å². The van der Waals surface area contributed by atoms with Crippen molar-refractivity contribution in [2.75, 3.05) is 6.61 Å². The van der Waals surface area contributed by atoms with E-state index in [0.717, 1.165) is 19.3 Å². The second-order valence-electron chi connectivity index (χ2n) is 5.05. The molecule has 0 aliphatic heterocycles. The van der Waals surface area contributed by atoms with E-state index in [1.54, 1.807) is 13.0 Å². The summed E-state index contributed by atoms with van der Waals surface area (Å²) in [5, 5.41) is 12.0. The first kappa shape index (κ1) is 16.5. The number of nitrogens with zero attached hydrogens (tertiary/aromatic N) is 1. The van der Waals surface area contributed by atoms with Crippen molar-refractivity contribution in [2.24, 2.45) is 11.1 Å². The van der Waals surface area contributed by atoms with Crippen molar-refractivity contribution < 1.29 is 14.3 Å². The Bertz CT molecular complexity index is 446. The average Bonchev–Trinajstić information content (AvgIpc) is 2.47. The molecule has 1 N–H and O–H groups in total. The van der Waals surface area contributed by atoms with E-state index in [1.807, 2.05) is 0 Å². The first-order valence-electron chi connectivity index (χ1n) is 7.23. The standard InChI is InChI=1S/C16H24FNO2/c1-4-6-7-13(5-2)11-20-16-10-14(17)8-9-15(16)12(3)18-19/h8-10,13,19H,4-7,11H2,1-3H3. The molecule has 0 spiro atoms. The van der Waals surface area contributed by atoms with E-state index in [4.69, 9.17) is 9.94 Å². The van der Waals surface area contributed by atoms with Crippen LogP contribution in [0.25, 0.3) is 0 Å². The van der Waals surface area contributed by atoms with Crippen LogP contribution >= 0.6 is 0 Å². The zero-order valence-corrected chi connectivity index (χ0v) is 12.5. The molecule has 112 valence electrons. The van der Waals surface area contributed by atoms with Gasteiger partial charge in [0.25, 0.3) is 0 Å². The van der Waals surface area contributed by atoms with Gasteiger partial charge in [-0.1, -0.05) is 38.3 Å². The maximum atomic E-state index is 13.3. The van der Waals surface area contributed by atoms with E-state index in [9.17, 15) is 4.39 Å². The zero-order chi connectivity index (χ0) is 15.0. The third-order valence-electron chi connectivity index (χ3n) is 3.50. The zero-order valence-electron chi connectivity index (χ0n) is 12.5. The number of hydrogen-bond donors (Lipinski definition) is 1. The van der Waals surface area contributed by atoms with Crippen LogP contribution in [0.15, 0.2) is 23.4 Å². The highest BCUT2D eigenvalue weighted by molar-refractivity contribution is 6.00. The molecule has 0 aliphatic rings. The van der Waals surface area contributed by atoms with Crippen LogP contribution in [0.2, 0.25) is 0 Å². The Hall–Kier alpha value is -1.58. The Balaban J connectivity index is 2.77. The Morgan fingerprint density at radius 2 is 2.15 bits per heavy atom. The Morgan fingerprint density at radius 1 is 1.40 bits per heavy atom. The first-order chi connectivity index (χ1) is 9.62. The molecule has 1 rings (SSSR count). The number of oxime groups is 1. The van der Waals surface area contributed by atoms with E-state index in [1.165, 1.54) is 18.6 Å². The van der Waals surface area contributed by atoms with Gasteiger partial charge in [-0.05, 0) is 31.4 Å². The fraction of sp³-hybridized carbons (Fsp3) is 0.562. The Morgan fingerprint density at radius 3 is 2.75 bits per heavy atom. The smallest absolute Gasteiger partial charge is 0.131 e. The van der Waals surface area contributed by atoms with Gasteiger partial charge in [0.2, 0.25) is 0 Å². The molecular weight excluding hydrogens is 257 g/mol. The first-order valence-corrected chi connectivity index (χ1v) is 7.23. The second kappa shape index (κ2) is 8.56. The number of hydrogen-bond acceptors (Lipinski definition) is 3. The molecule has 0 saturated carbocycles. The predicted molar refractivity (Wildman–Crippen MR) is 79.2 cm³/mol. The summed E-state index contributed by atoms with van der Waals surface area (Å²) in [7, 11) is 0. The summed E-state index contributed by atoms with van der Waals surface area (Å²) < 4.78 is 19.1. The molecule has 1 unspecified atom stereocenters. The number of rotatable bonds is 8. The van der Waals surface area contributed by atoms with Gasteiger partial charge in [0.05, 0.1) is 12.3 Å². The molecule has 1 aromatic rings.